The predicted octanol–water partition coefficient (Wildman–Crippen LogP) is 4.06. The number of amides is 1. The van der Waals surface area contributed by atoms with Gasteiger partial charge >= 0.3 is 5.97 Å². The largest absolute Gasteiger partial charge is 0.478 e. The minimum atomic E-state index is -1.01. The van der Waals surface area contributed by atoms with E-state index in [1.165, 1.54) is 18.5 Å². The van der Waals surface area contributed by atoms with Gasteiger partial charge in [0, 0.05) is 23.9 Å². The lowest BCUT2D eigenvalue weighted by atomic mass is 10.0. The van der Waals surface area contributed by atoms with Gasteiger partial charge in [0.1, 0.15) is 29.6 Å². The fourth-order valence-corrected chi connectivity index (χ4v) is 4.57. The molecule has 1 amide bonds. The van der Waals surface area contributed by atoms with Crippen molar-refractivity contribution < 1.29 is 14.7 Å². The second-order valence-electron chi connectivity index (χ2n) is 9.84. The first-order valence-electron chi connectivity index (χ1n) is 13.0. The van der Waals surface area contributed by atoms with E-state index in [1.54, 1.807) is 28.8 Å². The van der Waals surface area contributed by atoms with Crippen molar-refractivity contribution in [1.82, 2.24) is 29.9 Å². The molecule has 0 aliphatic carbocycles. The Labute approximate surface area is 240 Å². The number of rotatable bonds is 8. The lowest BCUT2D eigenvalue weighted by Crippen LogP contribution is -2.23. The number of anilines is 2. The molecule has 0 spiro atoms. The Morgan fingerprint density at radius 3 is 2.57 bits per heavy atom. The first-order chi connectivity index (χ1) is 20.1. The van der Waals surface area contributed by atoms with Gasteiger partial charge in [-0.15, -0.1) is 0 Å². The number of carbonyl (C=O) groups excluding carboxylic acids is 1. The third-order valence-corrected chi connectivity index (χ3v) is 6.73. The van der Waals surface area contributed by atoms with Gasteiger partial charge in [-0.1, -0.05) is 12.1 Å². The number of carbonyl (C=O) groups is 2. The molecular formula is C30H27N9O3. The van der Waals surface area contributed by atoms with Gasteiger partial charge in [-0.2, -0.15) is 10.4 Å². The minimum absolute atomic E-state index is 0.0723. The smallest absolute Gasteiger partial charge is 0.335 e. The standard InChI is InChI=1S/C30H27N9O3/c1-16-10-21(12-22(11-16)29(40)33-14-19-4-6-20(7-5-19)30(41)42)24-25-17(2)8-9-39(25)38-27(37-24)18(3)36-28-23(13-31)26(32)34-15-35-28/h4-12,15,18H,14H2,1-3H3,(H,33,40)(H,41,42)(H3,32,34,35,36). The summed E-state index contributed by atoms with van der Waals surface area (Å²) in [5.74, 6) is -0.498. The maximum absolute atomic E-state index is 13.2. The van der Waals surface area contributed by atoms with E-state index in [1.807, 2.05) is 45.2 Å². The van der Waals surface area contributed by atoms with Crippen molar-refractivity contribution in [3.63, 3.8) is 0 Å². The van der Waals surface area contributed by atoms with Crippen molar-refractivity contribution in [2.75, 3.05) is 11.1 Å². The molecule has 0 aliphatic rings. The van der Waals surface area contributed by atoms with Crippen molar-refractivity contribution >= 4 is 29.0 Å². The number of aryl methyl sites for hydroxylation is 2. The van der Waals surface area contributed by atoms with Crippen LogP contribution >= 0.6 is 0 Å². The number of nitrogens with one attached hydrogen (secondary N) is 2. The zero-order valence-electron chi connectivity index (χ0n) is 23.1. The Hall–Kier alpha value is -5.83. The molecular weight excluding hydrogens is 534 g/mol. The van der Waals surface area contributed by atoms with Crippen LogP contribution in [0.5, 0.6) is 0 Å². The maximum Gasteiger partial charge on any atom is 0.335 e. The molecule has 5 aromatic rings. The molecule has 5 rings (SSSR count). The van der Waals surface area contributed by atoms with Crippen molar-refractivity contribution in [2.24, 2.45) is 0 Å². The number of hydrogen-bond donors (Lipinski definition) is 4. The van der Waals surface area contributed by atoms with Crippen LogP contribution in [0.2, 0.25) is 0 Å². The number of nitriles is 1. The van der Waals surface area contributed by atoms with Gasteiger partial charge in [0.2, 0.25) is 0 Å². The summed E-state index contributed by atoms with van der Waals surface area (Å²) in [5, 5.41) is 29.4. The SMILES string of the molecule is Cc1cc(C(=O)NCc2ccc(C(=O)O)cc2)cc(-c2nc(C(C)Nc3ncnc(N)c3C#N)nn3ccc(C)c23)c1. The molecule has 12 heteroatoms. The molecule has 3 heterocycles. The lowest BCUT2D eigenvalue weighted by molar-refractivity contribution is 0.0696. The van der Waals surface area contributed by atoms with Crippen LogP contribution < -0.4 is 16.4 Å². The minimum Gasteiger partial charge on any atom is -0.478 e. The monoisotopic (exact) mass is 561 g/mol. The average Bonchev–Trinajstić information content (AvgIpc) is 3.35. The van der Waals surface area contributed by atoms with Gasteiger partial charge in [-0.25, -0.2) is 24.3 Å². The number of nitrogen functional groups attached to an aromatic ring is 1. The summed E-state index contributed by atoms with van der Waals surface area (Å²) in [7, 11) is 0. The second-order valence-corrected chi connectivity index (χ2v) is 9.84. The molecule has 0 saturated carbocycles. The molecule has 0 saturated heterocycles. The number of carboxylic acids is 1. The number of carboxylic acid groups (broad SMARTS) is 1. The highest BCUT2D eigenvalue weighted by Crippen LogP contribution is 2.29. The molecule has 0 fully saturated rings. The quantitative estimate of drug-likeness (QED) is 0.215. The van der Waals surface area contributed by atoms with E-state index in [2.05, 4.69) is 25.7 Å². The third-order valence-electron chi connectivity index (χ3n) is 6.73. The van der Waals surface area contributed by atoms with Gasteiger partial charge in [-0.3, -0.25) is 4.79 Å². The fraction of sp³-hybridized carbons (Fsp3) is 0.167. The molecule has 3 aromatic heterocycles. The van der Waals surface area contributed by atoms with E-state index < -0.39 is 12.0 Å². The van der Waals surface area contributed by atoms with Gasteiger partial charge in [0.25, 0.3) is 5.91 Å². The van der Waals surface area contributed by atoms with Gasteiger partial charge in [-0.05, 0) is 73.9 Å². The van der Waals surface area contributed by atoms with Crippen LogP contribution in [0.1, 0.15) is 61.8 Å². The molecule has 210 valence electrons. The van der Waals surface area contributed by atoms with Gasteiger partial charge in [0.15, 0.2) is 5.82 Å². The van der Waals surface area contributed by atoms with Crippen molar-refractivity contribution in [2.45, 2.75) is 33.4 Å². The average molecular weight is 562 g/mol. The lowest BCUT2D eigenvalue weighted by Gasteiger charge is -2.17. The van der Waals surface area contributed by atoms with E-state index in [0.717, 1.165) is 27.8 Å². The Morgan fingerprint density at radius 2 is 1.86 bits per heavy atom. The Balaban J connectivity index is 1.47. The molecule has 0 radical (unpaired) electrons. The van der Waals surface area contributed by atoms with Crippen LogP contribution in [0.3, 0.4) is 0 Å². The number of hydrogen-bond acceptors (Lipinski definition) is 9. The number of aromatic nitrogens is 5. The molecule has 0 aliphatic heterocycles. The number of fused-ring (bicyclic) bond motifs is 1. The van der Waals surface area contributed by atoms with Crippen molar-refractivity contribution in [1.29, 1.82) is 5.26 Å². The Morgan fingerprint density at radius 1 is 1.10 bits per heavy atom. The van der Waals surface area contributed by atoms with Crippen LogP contribution in [0.4, 0.5) is 11.6 Å². The third kappa shape index (κ3) is 5.57. The molecule has 5 N–H and O–H groups in total. The molecule has 0 bridgehead atoms. The van der Waals surface area contributed by atoms with Crippen molar-refractivity contribution in [3.8, 4) is 17.3 Å². The zero-order chi connectivity index (χ0) is 30.0. The Kier molecular flexibility index (Phi) is 7.49. The Bertz CT molecular complexity index is 1870. The fourth-order valence-electron chi connectivity index (χ4n) is 4.57. The first-order valence-corrected chi connectivity index (χ1v) is 13.0. The summed E-state index contributed by atoms with van der Waals surface area (Å²) in [6.07, 6.45) is 3.12. The van der Waals surface area contributed by atoms with Crippen LogP contribution in [0.25, 0.3) is 16.8 Å². The summed E-state index contributed by atoms with van der Waals surface area (Å²) >= 11 is 0. The summed E-state index contributed by atoms with van der Waals surface area (Å²) in [4.78, 5) is 37.2. The summed E-state index contributed by atoms with van der Waals surface area (Å²) < 4.78 is 1.74. The van der Waals surface area contributed by atoms with Gasteiger partial charge in [0.05, 0.1) is 22.8 Å². The maximum atomic E-state index is 13.2. The van der Waals surface area contributed by atoms with E-state index in [9.17, 15) is 14.9 Å². The number of aromatic carboxylic acids is 1. The summed E-state index contributed by atoms with van der Waals surface area (Å²) in [6.45, 7) is 5.95. The van der Waals surface area contributed by atoms with Crippen LogP contribution in [-0.2, 0) is 6.54 Å². The first kappa shape index (κ1) is 27.7. The van der Waals surface area contributed by atoms with Crippen LogP contribution in [-0.4, -0.2) is 41.5 Å². The molecule has 1 atom stereocenters. The van der Waals surface area contributed by atoms with Crippen LogP contribution in [0.15, 0.2) is 61.1 Å². The number of nitrogens with zero attached hydrogens (tertiary/aromatic N) is 6. The predicted molar refractivity (Wildman–Crippen MR) is 156 cm³/mol. The summed E-state index contributed by atoms with van der Waals surface area (Å²) in [6, 6.07) is 15.4. The number of benzene rings is 2. The van der Waals surface area contributed by atoms with E-state index in [-0.39, 0.29) is 35.2 Å². The van der Waals surface area contributed by atoms with Crippen LogP contribution in [0, 0.1) is 25.2 Å². The second kappa shape index (κ2) is 11.3. The topological polar surface area (TPSA) is 184 Å². The highest BCUT2D eigenvalue weighted by atomic mass is 16.4. The van der Waals surface area contributed by atoms with Crippen molar-refractivity contribution in [3.05, 3.63) is 100 Å². The van der Waals surface area contributed by atoms with E-state index >= 15 is 0 Å². The molecule has 12 nitrogen and oxygen atoms in total. The van der Waals surface area contributed by atoms with E-state index in [4.69, 9.17) is 15.8 Å². The summed E-state index contributed by atoms with van der Waals surface area (Å²) in [5.41, 5.74) is 11.4. The highest BCUT2D eigenvalue weighted by molar-refractivity contribution is 5.96. The zero-order valence-corrected chi connectivity index (χ0v) is 23.1. The number of nitrogens with two attached hydrogens (primary N) is 1. The normalized spacial score (nSPS) is 11.6. The molecule has 42 heavy (non-hydrogen) atoms. The highest BCUT2D eigenvalue weighted by Gasteiger charge is 2.20. The van der Waals surface area contributed by atoms with Gasteiger partial charge < -0.3 is 21.5 Å². The molecule has 1 unspecified atom stereocenters. The van der Waals surface area contributed by atoms with E-state index in [0.29, 0.717) is 17.1 Å². The molecule has 2 aromatic carbocycles.